The maximum atomic E-state index is 10.4. The molecule has 0 amide bonds. The normalized spacial score (nSPS) is 12.1. The number of carboxylic acid groups (broad SMARTS) is 1. The van der Waals surface area contributed by atoms with Crippen LogP contribution in [0.25, 0.3) is 0 Å². The van der Waals surface area contributed by atoms with Crippen molar-refractivity contribution >= 4 is 5.97 Å². The van der Waals surface area contributed by atoms with Crippen LogP contribution in [0, 0.1) is 0 Å². The Morgan fingerprint density at radius 3 is 2.78 bits per heavy atom. The molecule has 18 heavy (non-hydrogen) atoms. The predicted octanol–water partition coefficient (Wildman–Crippen LogP) is 2.30. The van der Waals surface area contributed by atoms with Crippen molar-refractivity contribution in [3.05, 3.63) is 30.3 Å². The van der Waals surface area contributed by atoms with Gasteiger partial charge in [-0.2, -0.15) is 0 Å². The molecule has 1 aromatic rings. The summed E-state index contributed by atoms with van der Waals surface area (Å²) >= 11 is 0. The molecule has 0 aliphatic heterocycles. The average Bonchev–Trinajstić information content (AvgIpc) is 2.37. The molecule has 1 atom stereocenters. The average molecular weight is 251 g/mol. The lowest BCUT2D eigenvalue weighted by molar-refractivity contribution is -0.137. The second kappa shape index (κ2) is 8.53. The van der Waals surface area contributed by atoms with Crippen LogP contribution in [0.5, 0.6) is 5.75 Å². The van der Waals surface area contributed by atoms with Crippen LogP contribution < -0.4 is 10.1 Å². The van der Waals surface area contributed by atoms with Gasteiger partial charge in [0, 0.05) is 12.5 Å². The van der Waals surface area contributed by atoms with Gasteiger partial charge < -0.3 is 15.2 Å². The van der Waals surface area contributed by atoms with E-state index in [9.17, 15) is 4.79 Å². The highest BCUT2D eigenvalue weighted by Crippen LogP contribution is 2.08. The zero-order chi connectivity index (χ0) is 13.2. The van der Waals surface area contributed by atoms with Gasteiger partial charge in [0.25, 0.3) is 0 Å². The first-order valence-electron chi connectivity index (χ1n) is 6.31. The Kier molecular flexibility index (Phi) is 6.87. The minimum Gasteiger partial charge on any atom is -0.494 e. The van der Waals surface area contributed by atoms with E-state index in [1.54, 1.807) is 0 Å². The minimum atomic E-state index is -0.740. The molecule has 4 nitrogen and oxygen atoms in total. The van der Waals surface area contributed by atoms with Gasteiger partial charge in [0.2, 0.25) is 0 Å². The van der Waals surface area contributed by atoms with Crippen molar-refractivity contribution in [3.8, 4) is 5.75 Å². The summed E-state index contributed by atoms with van der Waals surface area (Å²) in [6.07, 6.45) is 1.79. The molecule has 0 saturated carbocycles. The maximum Gasteiger partial charge on any atom is 0.303 e. The van der Waals surface area contributed by atoms with Gasteiger partial charge in [0.1, 0.15) is 5.75 Å². The Balaban J connectivity index is 2.00. The second-order valence-electron chi connectivity index (χ2n) is 4.30. The molecule has 4 heteroatoms. The lowest BCUT2D eigenvalue weighted by Gasteiger charge is -2.12. The van der Waals surface area contributed by atoms with Gasteiger partial charge in [0.05, 0.1) is 6.61 Å². The molecule has 0 bridgehead atoms. The maximum absolute atomic E-state index is 10.4. The number of nitrogens with one attached hydrogen (secondary N) is 1. The van der Waals surface area contributed by atoms with E-state index in [1.807, 2.05) is 37.3 Å². The van der Waals surface area contributed by atoms with Gasteiger partial charge in [-0.25, -0.2) is 0 Å². The number of carboxylic acids is 1. The van der Waals surface area contributed by atoms with E-state index >= 15 is 0 Å². The van der Waals surface area contributed by atoms with Crippen LogP contribution in [0.2, 0.25) is 0 Å². The van der Waals surface area contributed by atoms with E-state index in [2.05, 4.69) is 5.32 Å². The summed E-state index contributed by atoms with van der Waals surface area (Å²) in [5.41, 5.74) is 0. The highest BCUT2D eigenvalue weighted by Gasteiger charge is 2.04. The van der Waals surface area contributed by atoms with Crippen LogP contribution in [0.4, 0.5) is 0 Å². The summed E-state index contributed by atoms with van der Waals surface area (Å²) in [5.74, 6) is 0.146. The first kappa shape index (κ1) is 14.5. The molecule has 100 valence electrons. The fourth-order valence-electron chi connectivity index (χ4n) is 1.57. The second-order valence-corrected chi connectivity index (χ2v) is 4.30. The van der Waals surface area contributed by atoms with E-state index < -0.39 is 5.97 Å². The van der Waals surface area contributed by atoms with Crippen molar-refractivity contribution < 1.29 is 14.6 Å². The number of hydrogen-bond donors (Lipinski definition) is 2. The van der Waals surface area contributed by atoms with Gasteiger partial charge in [-0.05, 0) is 38.4 Å². The van der Waals surface area contributed by atoms with Crippen molar-refractivity contribution in [3.63, 3.8) is 0 Å². The Labute approximate surface area is 108 Å². The zero-order valence-corrected chi connectivity index (χ0v) is 10.8. The third-order valence-corrected chi connectivity index (χ3v) is 2.62. The molecule has 0 heterocycles. The summed E-state index contributed by atoms with van der Waals surface area (Å²) < 4.78 is 5.55. The van der Waals surface area contributed by atoms with E-state index in [0.717, 1.165) is 18.7 Å². The first-order valence-corrected chi connectivity index (χ1v) is 6.31. The molecule has 2 N–H and O–H groups in total. The number of carbonyl (C=O) groups is 1. The minimum absolute atomic E-state index is 0.217. The van der Waals surface area contributed by atoms with Crippen molar-refractivity contribution in [2.45, 2.75) is 32.2 Å². The van der Waals surface area contributed by atoms with Crippen LogP contribution in [-0.2, 0) is 4.79 Å². The van der Waals surface area contributed by atoms with Gasteiger partial charge in [-0.3, -0.25) is 4.79 Å². The Morgan fingerprint density at radius 1 is 1.39 bits per heavy atom. The lowest BCUT2D eigenvalue weighted by atomic mass is 10.2. The van der Waals surface area contributed by atoms with Crippen LogP contribution in [0.15, 0.2) is 30.3 Å². The standard InChI is InChI=1S/C14H21NO3/c1-12(8-9-14(16)17)15-10-5-11-18-13-6-3-2-4-7-13/h2-4,6-7,12,15H,5,8-11H2,1H3,(H,16,17). The SMILES string of the molecule is CC(CCC(=O)O)NCCCOc1ccccc1. The molecule has 1 unspecified atom stereocenters. The summed E-state index contributed by atoms with van der Waals surface area (Å²) in [5, 5.41) is 11.8. The van der Waals surface area contributed by atoms with Crippen molar-refractivity contribution in [1.29, 1.82) is 0 Å². The van der Waals surface area contributed by atoms with Crippen molar-refractivity contribution in [2.75, 3.05) is 13.2 Å². The topological polar surface area (TPSA) is 58.6 Å². The van der Waals surface area contributed by atoms with E-state index in [0.29, 0.717) is 13.0 Å². The number of benzene rings is 1. The largest absolute Gasteiger partial charge is 0.494 e. The molecule has 0 radical (unpaired) electrons. The van der Waals surface area contributed by atoms with Gasteiger partial charge in [0.15, 0.2) is 0 Å². The molecule has 1 rings (SSSR count). The van der Waals surface area contributed by atoms with Crippen LogP contribution >= 0.6 is 0 Å². The van der Waals surface area contributed by atoms with Gasteiger partial charge >= 0.3 is 5.97 Å². The Hall–Kier alpha value is -1.55. The number of aliphatic carboxylic acids is 1. The van der Waals surface area contributed by atoms with Gasteiger partial charge in [-0.15, -0.1) is 0 Å². The summed E-state index contributed by atoms with van der Waals surface area (Å²) in [6, 6.07) is 9.95. The van der Waals surface area contributed by atoms with Crippen molar-refractivity contribution in [2.24, 2.45) is 0 Å². The van der Waals surface area contributed by atoms with E-state index in [1.165, 1.54) is 0 Å². The summed E-state index contributed by atoms with van der Waals surface area (Å²) in [4.78, 5) is 10.4. The molecule has 0 fully saturated rings. The molecule has 0 aromatic heterocycles. The van der Waals surface area contributed by atoms with E-state index in [4.69, 9.17) is 9.84 Å². The number of rotatable bonds is 9. The smallest absolute Gasteiger partial charge is 0.303 e. The highest BCUT2D eigenvalue weighted by molar-refractivity contribution is 5.66. The quantitative estimate of drug-likeness (QED) is 0.661. The lowest BCUT2D eigenvalue weighted by Crippen LogP contribution is -2.28. The molecule has 0 saturated heterocycles. The summed E-state index contributed by atoms with van der Waals surface area (Å²) in [7, 11) is 0. The first-order chi connectivity index (χ1) is 8.68. The molecular formula is C14H21NO3. The number of ether oxygens (including phenoxy) is 1. The van der Waals surface area contributed by atoms with E-state index in [-0.39, 0.29) is 12.5 Å². The van der Waals surface area contributed by atoms with Crippen LogP contribution in [0.1, 0.15) is 26.2 Å². The molecule has 1 aromatic carbocycles. The zero-order valence-electron chi connectivity index (χ0n) is 10.8. The van der Waals surface area contributed by atoms with Crippen LogP contribution in [-0.4, -0.2) is 30.3 Å². The number of para-hydroxylation sites is 1. The van der Waals surface area contributed by atoms with Crippen molar-refractivity contribution in [1.82, 2.24) is 5.32 Å². The Morgan fingerprint density at radius 2 is 2.11 bits per heavy atom. The predicted molar refractivity (Wildman–Crippen MR) is 70.9 cm³/mol. The third kappa shape index (κ3) is 6.91. The fraction of sp³-hybridized carbons (Fsp3) is 0.500. The summed E-state index contributed by atoms with van der Waals surface area (Å²) in [6.45, 7) is 3.51. The van der Waals surface area contributed by atoms with Crippen LogP contribution in [0.3, 0.4) is 0 Å². The fourth-order valence-corrected chi connectivity index (χ4v) is 1.57. The third-order valence-electron chi connectivity index (χ3n) is 2.62. The highest BCUT2D eigenvalue weighted by atomic mass is 16.5. The molecule has 0 aliphatic carbocycles. The molecular weight excluding hydrogens is 230 g/mol. The number of hydrogen-bond acceptors (Lipinski definition) is 3. The van der Waals surface area contributed by atoms with Gasteiger partial charge in [-0.1, -0.05) is 18.2 Å². The monoisotopic (exact) mass is 251 g/mol. The Bertz CT molecular complexity index is 340. The molecule has 0 aliphatic rings. The molecule has 0 spiro atoms.